The Balaban J connectivity index is 0.00000144. The van der Waals surface area contributed by atoms with Gasteiger partial charge in [0, 0.05) is 7.05 Å². The van der Waals surface area contributed by atoms with Gasteiger partial charge in [-0.3, -0.25) is 5.01 Å². The maximum Gasteiger partial charge on any atom is 0.0841 e. The number of nitrogens with one attached hydrogen (secondary N) is 1. The summed E-state index contributed by atoms with van der Waals surface area (Å²) in [5, 5.41) is 3.59. The molecule has 0 aliphatic carbocycles. The van der Waals surface area contributed by atoms with Gasteiger partial charge in [0.15, 0.2) is 0 Å². The molecule has 0 amide bonds. The molecule has 0 aromatic heterocycles. The zero-order chi connectivity index (χ0) is 8.97. The number of hydrogen-bond acceptors (Lipinski definition) is 1. The molecule has 0 heterocycles. The monoisotopic (exact) mass is 200 g/mol. The minimum absolute atomic E-state index is 0. The van der Waals surface area contributed by atoms with Crippen LogP contribution < -0.4 is 17.4 Å². The van der Waals surface area contributed by atoms with E-state index in [0.29, 0.717) is 0 Å². The third kappa shape index (κ3) is 4.27. The molecule has 0 radical (unpaired) electrons. The maximum atomic E-state index is 2.25. The van der Waals surface area contributed by atoms with Crippen LogP contribution in [0.1, 0.15) is 5.56 Å². The fourth-order valence-corrected chi connectivity index (χ4v) is 1.02. The molecule has 1 rings (SSSR count). The third-order valence-electron chi connectivity index (χ3n) is 2.03. The van der Waals surface area contributed by atoms with E-state index in [0.717, 1.165) is 6.54 Å². The Kier molecular flexibility index (Phi) is 5.71. The SMILES string of the molecule is CN(Cc1ccccc1)[NH+](C)C.[Cl-]. The number of halogens is 1. The Morgan fingerprint density at radius 3 is 2.15 bits per heavy atom. The van der Waals surface area contributed by atoms with Crippen molar-refractivity contribution in [1.29, 1.82) is 0 Å². The Morgan fingerprint density at radius 2 is 1.69 bits per heavy atom. The number of quaternary nitrogens is 1. The molecule has 2 nitrogen and oxygen atoms in total. The zero-order valence-corrected chi connectivity index (χ0v) is 9.17. The molecule has 1 aromatic carbocycles. The van der Waals surface area contributed by atoms with E-state index < -0.39 is 0 Å². The van der Waals surface area contributed by atoms with Gasteiger partial charge in [0.1, 0.15) is 0 Å². The first-order valence-corrected chi connectivity index (χ1v) is 4.25. The Bertz CT molecular complexity index is 224. The molecule has 0 bridgehead atoms. The molecule has 74 valence electrons. The van der Waals surface area contributed by atoms with E-state index in [1.54, 1.807) is 0 Å². The quantitative estimate of drug-likeness (QED) is 0.518. The molecule has 0 saturated heterocycles. The summed E-state index contributed by atoms with van der Waals surface area (Å²) >= 11 is 0. The number of benzene rings is 1. The lowest BCUT2D eigenvalue weighted by molar-refractivity contribution is -0.981. The van der Waals surface area contributed by atoms with Crippen LogP contribution in [0.2, 0.25) is 0 Å². The van der Waals surface area contributed by atoms with Crippen molar-refractivity contribution in [2.45, 2.75) is 6.54 Å². The van der Waals surface area contributed by atoms with Crippen molar-refractivity contribution in [3.63, 3.8) is 0 Å². The molecule has 3 heteroatoms. The fourth-order valence-electron chi connectivity index (χ4n) is 1.02. The zero-order valence-electron chi connectivity index (χ0n) is 8.42. The van der Waals surface area contributed by atoms with E-state index in [-0.39, 0.29) is 12.4 Å². The van der Waals surface area contributed by atoms with E-state index in [1.807, 2.05) is 6.07 Å². The summed E-state index contributed by atoms with van der Waals surface area (Å²) in [6, 6.07) is 10.5. The van der Waals surface area contributed by atoms with Crippen LogP contribution in [0.15, 0.2) is 30.3 Å². The Labute approximate surface area is 86.5 Å². The van der Waals surface area contributed by atoms with E-state index >= 15 is 0 Å². The highest BCUT2D eigenvalue weighted by molar-refractivity contribution is 5.13. The van der Waals surface area contributed by atoms with E-state index in [1.165, 1.54) is 10.6 Å². The average Bonchev–Trinajstić information content (AvgIpc) is 2.06. The van der Waals surface area contributed by atoms with Gasteiger partial charge in [-0.2, -0.15) is 5.01 Å². The lowest BCUT2D eigenvalue weighted by atomic mass is 10.2. The van der Waals surface area contributed by atoms with Crippen LogP contribution in [0.5, 0.6) is 0 Å². The minimum atomic E-state index is 0. The van der Waals surface area contributed by atoms with Crippen LogP contribution in [-0.4, -0.2) is 26.2 Å². The first kappa shape index (κ1) is 12.4. The minimum Gasteiger partial charge on any atom is -1.00 e. The van der Waals surface area contributed by atoms with Crippen LogP contribution in [0.3, 0.4) is 0 Å². The first-order valence-electron chi connectivity index (χ1n) is 4.25. The summed E-state index contributed by atoms with van der Waals surface area (Å²) < 4.78 is 0. The van der Waals surface area contributed by atoms with Crippen molar-refractivity contribution in [2.75, 3.05) is 21.1 Å². The van der Waals surface area contributed by atoms with Crippen molar-refractivity contribution in [2.24, 2.45) is 0 Å². The van der Waals surface area contributed by atoms with Crippen LogP contribution >= 0.6 is 0 Å². The van der Waals surface area contributed by atoms with Crippen LogP contribution in [-0.2, 0) is 6.54 Å². The molecule has 0 saturated carbocycles. The van der Waals surface area contributed by atoms with Crippen molar-refractivity contribution < 1.29 is 17.4 Å². The van der Waals surface area contributed by atoms with Crippen molar-refractivity contribution in [3.8, 4) is 0 Å². The maximum absolute atomic E-state index is 2.25. The van der Waals surface area contributed by atoms with Crippen molar-refractivity contribution >= 4 is 0 Å². The van der Waals surface area contributed by atoms with Gasteiger partial charge in [0.2, 0.25) is 0 Å². The average molecular weight is 201 g/mol. The molecule has 0 unspecified atom stereocenters. The summed E-state index contributed by atoms with van der Waals surface area (Å²) in [5.41, 5.74) is 1.36. The molecule has 1 N–H and O–H groups in total. The second-order valence-electron chi connectivity index (χ2n) is 3.29. The number of rotatable bonds is 3. The van der Waals surface area contributed by atoms with Crippen LogP contribution in [0.25, 0.3) is 0 Å². The number of hydrogen-bond donors (Lipinski definition) is 1. The lowest BCUT2D eigenvalue weighted by Crippen LogP contribution is -3.12. The van der Waals surface area contributed by atoms with Gasteiger partial charge >= 0.3 is 0 Å². The van der Waals surface area contributed by atoms with Crippen molar-refractivity contribution in [1.82, 2.24) is 5.01 Å². The predicted molar refractivity (Wildman–Crippen MR) is 50.7 cm³/mol. The van der Waals surface area contributed by atoms with E-state index in [2.05, 4.69) is 50.4 Å². The second-order valence-corrected chi connectivity index (χ2v) is 3.29. The summed E-state index contributed by atoms with van der Waals surface area (Å²) in [6.45, 7) is 1.00. The van der Waals surface area contributed by atoms with Gasteiger partial charge in [0.05, 0.1) is 20.6 Å². The normalized spacial score (nSPS) is 10.2. The standard InChI is InChI=1S/C10H16N2.ClH/c1-11(2)12(3)9-10-7-5-4-6-8-10;/h4-8H,9H2,1-3H3;1H. The van der Waals surface area contributed by atoms with Gasteiger partial charge < -0.3 is 12.4 Å². The lowest BCUT2D eigenvalue weighted by Gasteiger charge is -2.19. The summed E-state index contributed by atoms with van der Waals surface area (Å²) in [7, 11) is 6.37. The molecule has 0 spiro atoms. The molecule has 1 aromatic rings. The first-order chi connectivity index (χ1) is 5.70. The smallest absolute Gasteiger partial charge is 0.0841 e. The van der Waals surface area contributed by atoms with E-state index in [4.69, 9.17) is 0 Å². The highest BCUT2D eigenvalue weighted by atomic mass is 35.5. The van der Waals surface area contributed by atoms with Gasteiger partial charge in [-0.15, -0.1) is 0 Å². The predicted octanol–water partition coefficient (Wildman–Crippen LogP) is -2.82. The second kappa shape index (κ2) is 5.97. The van der Waals surface area contributed by atoms with Gasteiger partial charge in [-0.25, -0.2) is 0 Å². The van der Waals surface area contributed by atoms with Crippen LogP contribution in [0, 0.1) is 0 Å². The van der Waals surface area contributed by atoms with Crippen molar-refractivity contribution in [3.05, 3.63) is 35.9 Å². The van der Waals surface area contributed by atoms with Gasteiger partial charge in [-0.05, 0) is 5.56 Å². The van der Waals surface area contributed by atoms with Gasteiger partial charge in [0.25, 0.3) is 0 Å². The molecule has 0 atom stereocenters. The molecule has 13 heavy (non-hydrogen) atoms. The molecular formula is C10H17ClN2. The fraction of sp³-hybridized carbons (Fsp3) is 0.400. The summed E-state index contributed by atoms with van der Waals surface area (Å²) in [4.78, 5) is 0. The third-order valence-corrected chi connectivity index (χ3v) is 2.03. The summed E-state index contributed by atoms with van der Waals surface area (Å²) in [5.74, 6) is 0. The summed E-state index contributed by atoms with van der Waals surface area (Å²) in [6.07, 6.45) is 0. The van der Waals surface area contributed by atoms with Crippen LogP contribution in [0.4, 0.5) is 0 Å². The molecule has 0 aliphatic heterocycles. The highest BCUT2D eigenvalue weighted by Gasteiger charge is 2.03. The number of nitrogens with zero attached hydrogens (tertiary/aromatic N) is 1. The topological polar surface area (TPSA) is 7.68 Å². The molecule has 0 aliphatic rings. The Hall–Kier alpha value is -0.570. The molecule has 0 fully saturated rings. The van der Waals surface area contributed by atoms with E-state index in [9.17, 15) is 0 Å². The molecular weight excluding hydrogens is 184 g/mol. The highest BCUT2D eigenvalue weighted by Crippen LogP contribution is 1.98. The van der Waals surface area contributed by atoms with Gasteiger partial charge in [-0.1, -0.05) is 30.3 Å². The Morgan fingerprint density at radius 1 is 1.15 bits per heavy atom. The largest absolute Gasteiger partial charge is 1.00 e.